The quantitative estimate of drug-likeness (QED) is 0.707. The van der Waals surface area contributed by atoms with Crippen molar-refractivity contribution in [2.45, 2.75) is 25.7 Å². The molecule has 0 heterocycles. The van der Waals surface area contributed by atoms with Gasteiger partial charge in [0.15, 0.2) is 0 Å². The van der Waals surface area contributed by atoms with Gasteiger partial charge in [0.2, 0.25) is 5.91 Å². The minimum Gasteiger partial charge on any atom is -0.497 e. The van der Waals surface area contributed by atoms with Crippen molar-refractivity contribution in [3.63, 3.8) is 0 Å². The van der Waals surface area contributed by atoms with Crippen molar-refractivity contribution in [2.24, 2.45) is 0 Å². The van der Waals surface area contributed by atoms with Crippen LogP contribution in [0.5, 0.6) is 11.5 Å². The monoisotopic (exact) mass is 371 g/mol. The average molecular weight is 371 g/mol. The number of carboxylic acid groups (broad SMARTS) is 1. The summed E-state index contributed by atoms with van der Waals surface area (Å²) in [7, 11) is 3.12. The fourth-order valence-corrected chi connectivity index (χ4v) is 2.82. The van der Waals surface area contributed by atoms with E-state index in [9.17, 15) is 9.59 Å². The molecule has 0 aliphatic heterocycles. The summed E-state index contributed by atoms with van der Waals surface area (Å²) in [6, 6.07) is 12.4. The molecular formula is C21H25NO5. The van der Waals surface area contributed by atoms with Gasteiger partial charge in [-0.1, -0.05) is 25.1 Å². The summed E-state index contributed by atoms with van der Waals surface area (Å²) >= 11 is 0. The lowest BCUT2D eigenvalue weighted by Crippen LogP contribution is -2.26. The van der Waals surface area contributed by atoms with Gasteiger partial charge in [-0.2, -0.15) is 0 Å². The summed E-state index contributed by atoms with van der Waals surface area (Å²) in [5.74, 6) is 0.370. The number of methoxy groups -OCH3 is 2. The Kier molecular flexibility index (Phi) is 7.23. The predicted molar refractivity (Wildman–Crippen MR) is 103 cm³/mol. The van der Waals surface area contributed by atoms with E-state index in [4.69, 9.17) is 14.6 Å². The number of rotatable bonds is 9. The summed E-state index contributed by atoms with van der Waals surface area (Å²) < 4.78 is 10.4. The lowest BCUT2D eigenvalue weighted by molar-refractivity contribution is -0.121. The van der Waals surface area contributed by atoms with Crippen molar-refractivity contribution in [2.75, 3.05) is 20.8 Å². The number of carbonyl (C=O) groups excluding carboxylic acids is 1. The Balaban J connectivity index is 1.85. The Morgan fingerprint density at radius 1 is 1.07 bits per heavy atom. The highest BCUT2D eigenvalue weighted by atomic mass is 16.5. The molecule has 2 aromatic rings. The molecule has 1 amide bonds. The van der Waals surface area contributed by atoms with Crippen LogP contribution in [0, 0.1) is 0 Å². The van der Waals surface area contributed by atoms with Crippen molar-refractivity contribution in [3.05, 3.63) is 59.2 Å². The minimum absolute atomic E-state index is 0.0283. The highest BCUT2D eigenvalue weighted by molar-refractivity contribution is 5.88. The zero-order valence-electron chi connectivity index (χ0n) is 15.8. The number of hydrogen-bond donors (Lipinski definition) is 2. The molecule has 0 bridgehead atoms. The molecule has 144 valence electrons. The minimum atomic E-state index is -0.999. The SMILES string of the molecule is COc1ccc(C(C)CC(=O)NCCc2ccc(C(=O)O)cc2OC)cc1. The van der Waals surface area contributed by atoms with E-state index in [0.717, 1.165) is 16.9 Å². The van der Waals surface area contributed by atoms with Gasteiger partial charge in [-0.05, 0) is 47.7 Å². The lowest BCUT2D eigenvalue weighted by Gasteiger charge is -2.13. The van der Waals surface area contributed by atoms with Crippen LogP contribution in [0.15, 0.2) is 42.5 Å². The molecule has 0 saturated heterocycles. The highest BCUT2D eigenvalue weighted by Gasteiger charge is 2.12. The molecule has 0 saturated carbocycles. The Morgan fingerprint density at radius 3 is 2.37 bits per heavy atom. The van der Waals surface area contributed by atoms with Crippen molar-refractivity contribution >= 4 is 11.9 Å². The van der Waals surface area contributed by atoms with E-state index < -0.39 is 5.97 Å². The van der Waals surface area contributed by atoms with Gasteiger partial charge in [0.05, 0.1) is 19.8 Å². The van der Waals surface area contributed by atoms with E-state index in [0.29, 0.717) is 25.1 Å². The molecule has 1 unspecified atom stereocenters. The predicted octanol–water partition coefficient (Wildman–Crippen LogP) is 3.25. The van der Waals surface area contributed by atoms with Gasteiger partial charge in [-0.15, -0.1) is 0 Å². The normalized spacial score (nSPS) is 11.5. The first-order valence-electron chi connectivity index (χ1n) is 8.75. The molecule has 0 radical (unpaired) electrons. The van der Waals surface area contributed by atoms with Crippen LogP contribution in [0.2, 0.25) is 0 Å². The molecule has 0 aromatic heterocycles. The molecule has 0 aliphatic rings. The second-order valence-corrected chi connectivity index (χ2v) is 6.31. The summed E-state index contributed by atoms with van der Waals surface area (Å²) in [6.07, 6.45) is 0.952. The van der Waals surface area contributed by atoms with Gasteiger partial charge in [-0.25, -0.2) is 4.79 Å². The van der Waals surface area contributed by atoms with Gasteiger partial charge < -0.3 is 19.9 Å². The molecule has 2 N–H and O–H groups in total. The Labute approximate surface area is 159 Å². The maximum Gasteiger partial charge on any atom is 0.335 e. The number of nitrogens with one attached hydrogen (secondary N) is 1. The molecule has 2 rings (SSSR count). The average Bonchev–Trinajstić information content (AvgIpc) is 2.67. The largest absolute Gasteiger partial charge is 0.497 e. The Bertz CT molecular complexity index is 786. The van der Waals surface area contributed by atoms with Gasteiger partial charge >= 0.3 is 5.97 Å². The van der Waals surface area contributed by atoms with Gasteiger partial charge in [-0.3, -0.25) is 4.79 Å². The van der Waals surface area contributed by atoms with Crippen LogP contribution < -0.4 is 14.8 Å². The molecule has 6 heteroatoms. The first kappa shape index (κ1) is 20.3. The Morgan fingerprint density at radius 2 is 1.78 bits per heavy atom. The molecule has 2 aromatic carbocycles. The number of hydrogen-bond acceptors (Lipinski definition) is 4. The molecule has 0 aliphatic carbocycles. The van der Waals surface area contributed by atoms with Crippen LogP contribution in [-0.4, -0.2) is 37.7 Å². The third-order valence-corrected chi connectivity index (χ3v) is 4.43. The standard InChI is InChI=1S/C21H25NO5/c1-14(15-6-8-18(26-2)9-7-15)12-20(23)22-11-10-16-4-5-17(21(24)25)13-19(16)27-3/h4-9,13-14H,10-12H2,1-3H3,(H,22,23)(H,24,25). The zero-order valence-corrected chi connectivity index (χ0v) is 15.8. The summed E-state index contributed by atoms with van der Waals surface area (Å²) in [4.78, 5) is 23.2. The number of ether oxygens (including phenoxy) is 2. The number of aromatic carboxylic acids is 1. The first-order valence-corrected chi connectivity index (χ1v) is 8.75. The van der Waals surface area contributed by atoms with Crippen molar-refractivity contribution < 1.29 is 24.2 Å². The van der Waals surface area contributed by atoms with E-state index in [-0.39, 0.29) is 17.4 Å². The van der Waals surface area contributed by atoms with Crippen LogP contribution in [-0.2, 0) is 11.2 Å². The lowest BCUT2D eigenvalue weighted by atomic mass is 9.97. The third-order valence-electron chi connectivity index (χ3n) is 4.43. The summed E-state index contributed by atoms with van der Waals surface area (Å²) in [5, 5.41) is 11.9. The topological polar surface area (TPSA) is 84.9 Å². The Hall–Kier alpha value is -3.02. The molecule has 0 fully saturated rings. The van der Waals surface area contributed by atoms with Crippen LogP contribution in [0.25, 0.3) is 0 Å². The van der Waals surface area contributed by atoms with Gasteiger partial charge in [0.25, 0.3) is 0 Å². The molecule has 6 nitrogen and oxygen atoms in total. The van der Waals surface area contributed by atoms with Gasteiger partial charge in [0, 0.05) is 13.0 Å². The number of amides is 1. The third kappa shape index (κ3) is 5.74. The van der Waals surface area contributed by atoms with E-state index in [2.05, 4.69) is 5.32 Å². The summed E-state index contributed by atoms with van der Waals surface area (Å²) in [5.41, 5.74) is 2.11. The fourth-order valence-electron chi connectivity index (χ4n) is 2.82. The maximum atomic E-state index is 12.2. The van der Waals surface area contributed by atoms with Crippen LogP contribution in [0.4, 0.5) is 0 Å². The van der Waals surface area contributed by atoms with Crippen molar-refractivity contribution in [1.29, 1.82) is 0 Å². The van der Waals surface area contributed by atoms with E-state index >= 15 is 0 Å². The number of carboxylic acids is 1. The molecular weight excluding hydrogens is 346 g/mol. The first-order chi connectivity index (χ1) is 12.9. The summed E-state index contributed by atoms with van der Waals surface area (Å²) in [6.45, 7) is 2.46. The molecule has 1 atom stereocenters. The van der Waals surface area contributed by atoms with Gasteiger partial charge in [0.1, 0.15) is 11.5 Å². The second kappa shape index (κ2) is 9.62. The fraction of sp³-hybridized carbons (Fsp3) is 0.333. The van der Waals surface area contributed by atoms with Crippen LogP contribution >= 0.6 is 0 Å². The van der Waals surface area contributed by atoms with Crippen LogP contribution in [0.3, 0.4) is 0 Å². The highest BCUT2D eigenvalue weighted by Crippen LogP contribution is 2.22. The number of carbonyl (C=O) groups is 2. The van der Waals surface area contributed by atoms with E-state index in [1.165, 1.54) is 19.2 Å². The van der Waals surface area contributed by atoms with E-state index in [1.54, 1.807) is 13.2 Å². The number of benzene rings is 2. The molecule has 0 spiro atoms. The van der Waals surface area contributed by atoms with Crippen molar-refractivity contribution in [1.82, 2.24) is 5.32 Å². The van der Waals surface area contributed by atoms with E-state index in [1.807, 2.05) is 31.2 Å². The zero-order chi connectivity index (χ0) is 19.8. The van der Waals surface area contributed by atoms with Crippen molar-refractivity contribution in [3.8, 4) is 11.5 Å². The smallest absolute Gasteiger partial charge is 0.335 e. The molecule has 27 heavy (non-hydrogen) atoms. The second-order valence-electron chi connectivity index (χ2n) is 6.31. The van der Waals surface area contributed by atoms with Crippen LogP contribution in [0.1, 0.15) is 40.7 Å². The maximum absolute atomic E-state index is 12.2.